The predicted octanol–water partition coefficient (Wildman–Crippen LogP) is 5.31. The van der Waals surface area contributed by atoms with Crippen LogP contribution in [-0.4, -0.2) is 36.8 Å². The number of nitrogens with one attached hydrogen (secondary N) is 2. The van der Waals surface area contributed by atoms with Gasteiger partial charge in [-0.05, 0) is 50.7 Å². The first-order valence-corrected chi connectivity index (χ1v) is 11.0. The standard InChI is InChI=1S/C22H26F2N6O.CH4/c23-16-6-3-7-17(24)19(16)28-22-27-18-12-25-21(26-13-8-10-15(31)11-9-13)29-20(18)30(22)14-4-1-2-5-14;/h3,6-7,12-15,31H,1-2,4-5,8-11H2,(H,27,28)(H,25,26,29);1H4. The summed E-state index contributed by atoms with van der Waals surface area (Å²) in [5.74, 6) is -0.453. The summed E-state index contributed by atoms with van der Waals surface area (Å²) in [5, 5.41) is 16.0. The molecule has 0 radical (unpaired) electrons. The van der Waals surface area contributed by atoms with Crippen molar-refractivity contribution in [2.75, 3.05) is 10.6 Å². The Balaban J connectivity index is 0.00000245. The van der Waals surface area contributed by atoms with Gasteiger partial charge in [0.1, 0.15) is 22.8 Å². The minimum absolute atomic E-state index is 0. The van der Waals surface area contributed by atoms with E-state index in [1.54, 1.807) is 6.20 Å². The molecule has 9 heteroatoms. The van der Waals surface area contributed by atoms with Gasteiger partial charge < -0.3 is 15.7 Å². The minimum Gasteiger partial charge on any atom is -0.393 e. The van der Waals surface area contributed by atoms with Crippen molar-refractivity contribution in [2.45, 2.75) is 77.0 Å². The molecule has 0 bridgehead atoms. The number of fused-ring (bicyclic) bond motifs is 1. The van der Waals surface area contributed by atoms with Gasteiger partial charge in [-0.3, -0.25) is 4.57 Å². The second kappa shape index (κ2) is 9.36. The lowest BCUT2D eigenvalue weighted by Gasteiger charge is -2.26. The van der Waals surface area contributed by atoms with Crippen molar-refractivity contribution in [1.29, 1.82) is 0 Å². The number of aliphatic hydroxyl groups excluding tert-OH is 1. The maximum absolute atomic E-state index is 14.3. The number of para-hydroxylation sites is 1. The molecule has 32 heavy (non-hydrogen) atoms. The fourth-order valence-corrected chi connectivity index (χ4v) is 4.69. The molecule has 2 aliphatic carbocycles. The maximum Gasteiger partial charge on any atom is 0.224 e. The van der Waals surface area contributed by atoms with E-state index in [4.69, 9.17) is 4.98 Å². The molecule has 0 atom stereocenters. The van der Waals surface area contributed by atoms with Crippen LogP contribution >= 0.6 is 0 Å². The van der Waals surface area contributed by atoms with Crippen LogP contribution in [0.4, 0.5) is 26.4 Å². The molecule has 2 fully saturated rings. The van der Waals surface area contributed by atoms with Gasteiger partial charge in [0.05, 0.1) is 12.3 Å². The lowest BCUT2D eigenvalue weighted by molar-refractivity contribution is 0.126. The van der Waals surface area contributed by atoms with Crippen molar-refractivity contribution in [3.05, 3.63) is 36.0 Å². The summed E-state index contributed by atoms with van der Waals surface area (Å²) in [7, 11) is 0. The van der Waals surface area contributed by atoms with E-state index in [0.717, 1.165) is 51.4 Å². The summed E-state index contributed by atoms with van der Waals surface area (Å²) in [6, 6.07) is 4.15. The van der Waals surface area contributed by atoms with E-state index in [1.165, 1.54) is 18.2 Å². The zero-order valence-electron chi connectivity index (χ0n) is 17.2. The summed E-state index contributed by atoms with van der Waals surface area (Å²) in [4.78, 5) is 13.7. The molecule has 2 aromatic heterocycles. The molecule has 0 unspecified atom stereocenters. The Morgan fingerprint density at radius 2 is 1.66 bits per heavy atom. The highest BCUT2D eigenvalue weighted by molar-refractivity contribution is 5.76. The summed E-state index contributed by atoms with van der Waals surface area (Å²) < 4.78 is 30.5. The van der Waals surface area contributed by atoms with Gasteiger partial charge in [0.2, 0.25) is 11.9 Å². The summed E-state index contributed by atoms with van der Waals surface area (Å²) >= 11 is 0. The third-order valence-electron chi connectivity index (χ3n) is 6.35. The van der Waals surface area contributed by atoms with E-state index in [9.17, 15) is 13.9 Å². The molecule has 3 aromatic rings. The van der Waals surface area contributed by atoms with Crippen molar-refractivity contribution < 1.29 is 13.9 Å². The van der Waals surface area contributed by atoms with Crippen LogP contribution in [0.25, 0.3) is 11.2 Å². The molecule has 172 valence electrons. The number of benzene rings is 1. The SMILES string of the molecule is C.OC1CCC(Nc2ncc3nc(Nc4c(F)cccc4F)n(C4CCCC4)c3n2)CC1. The Labute approximate surface area is 186 Å². The molecular formula is C23H30F2N6O. The number of anilines is 3. The average molecular weight is 445 g/mol. The van der Waals surface area contributed by atoms with E-state index >= 15 is 0 Å². The normalized spacial score (nSPS) is 21.5. The fraction of sp³-hybridized carbons (Fsp3) is 0.522. The van der Waals surface area contributed by atoms with Crippen LogP contribution in [0, 0.1) is 11.6 Å². The van der Waals surface area contributed by atoms with Crippen LogP contribution in [0.1, 0.15) is 64.8 Å². The van der Waals surface area contributed by atoms with Crippen molar-refractivity contribution in [2.24, 2.45) is 0 Å². The smallest absolute Gasteiger partial charge is 0.224 e. The molecule has 0 amide bonds. The first kappa shape index (κ1) is 22.4. The van der Waals surface area contributed by atoms with E-state index in [1.807, 2.05) is 4.57 Å². The van der Waals surface area contributed by atoms with Crippen LogP contribution in [0.5, 0.6) is 0 Å². The number of hydrogen-bond acceptors (Lipinski definition) is 6. The predicted molar refractivity (Wildman–Crippen MR) is 121 cm³/mol. The molecule has 1 aromatic carbocycles. The highest BCUT2D eigenvalue weighted by atomic mass is 19.1. The minimum atomic E-state index is -0.669. The molecule has 2 aliphatic rings. The van der Waals surface area contributed by atoms with Gasteiger partial charge >= 0.3 is 0 Å². The van der Waals surface area contributed by atoms with Crippen molar-refractivity contribution in [3.63, 3.8) is 0 Å². The maximum atomic E-state index is 14.3. The number of halogens is 2. The van der Waals surface area contributed by atoms with Gasteiger partial charge in [0, 0.05) is 12.1 Å². The quantitative estimate of drug-likeness (QED) is 0.494. The van der Waals surface area contributed by atoms with Crippen LogP contribution in [0.2, 0.25) is 0 Å². The van der Waals surface area contributed by atoms with Crippen LogP contribution in [0.15, 0.2) is 24.4 Å². The second-order valence-corrected chi connectivity index (χ2v) is 8.52. The monoisotopic (exact) mass is 444 g/mol. The first-order chi connectivity index (χ1) is 15.1. The van der Waals surface area contributed by atoms with Gasteiger partial charge in [-0.15, -0.1) is 0 Å². The summed E-state index contributed by atoms with van der Waals surface area (Å²) in [6.07, 6.45) is 8.81. The number of aromatic nitrogens is 4. The average Bonchev–Trinajstić information content (AvgIpc) is 3.39. The van der Waals surface area contributed by atoms with Crippen molar-refractivity contribution in [1.82, 2.24) is 19.5 Å². The Hall–Kier alpha value is -2.81. The van der Waals surface area contributed by atoms with Gasteiger partial charge in [0.25, 0.3) is 0 Å². The molecule has 0 aliphatic heterocycles. The largest absolute Gasteiger partial charge is 0.393 e. The molecule has 5 rings (SSSR count). The van der Waals surface area contributed by atoms with E-state index < -0.39 is 11.6 Å². The van der Waals surface area contributed by atoms with Crippen LogP contribution in [0.3, 0.4) is 0 Å². The number of hydrogen-bond donors (Lipinski definition) is 3. The summed E-state index contributed by atoms with van der Waals surface area (Å²) in [6.45, 7) is 0. The molecule has 7 nitrogen and oxygen atoms in total. The van der Waals surface area contributed by atoms with E-state index in [-0.39, 0.29) is 31.3 Å². The number of nitrogens with zero attached hydrogens (tertiary/aromatic N) is 4. The topological polar surface area (TPSA) is 87.9 Å². The molecule has 0 saturated heterocycles. The Morgan fingerprint density at radius 1 is 0.969 bits per heavy atom. The second-order valence-electron chi connectivity index (χ2n) is 8.52. The third-order valence-corrected chi connectivity index (χ3v) is 6.35. The first-order valence-electron chi connectivity index (χ1n) is 11.0. The van der Waals surface area contributed by atoms with Gasteiger partial charge in [-0.2, -0.15) is 4.98 Å². The Morgan fingerprint density at radius 3 is 2.34 bits per heavy atom. The van der Waals surface area contributed by atoms with Crippen LogP contribution in [-0.2, 0) is 0 Å². The van der Waals surface area contributed by atoms with Crippen LogP contribution < -0.4 is 10.6 Å². The highest BCUT2D eigenvalue weighted by Crippen LogP contribution is 2.36. The summed E-state index contributed by atoms with van der Waals surface area (Å²) in [5.41, 5.74) is 1.01. The zero-order chi connectivity index (χ0) is 21.4. The molecule has 2 heterocycles. The lowest BCUT2D eigenvalue weighted by Crippen LogP contribution is -2.29. The third kappa shape index (κ3) is 4.39. The Bertz CT molecular complexity index is 1050. The van der Waals surface area contributed by atoms with Gasteiger partial charge in [0.15, 0.2) is 5.65 Å². The van der Waals surface area contributed by atoms with Crippen molar-refractivity contribution in [3.8, 4) is 0 Å². The number of aliphatic hydroxyl groups is 1. The van der Waals surface area contributed by atoms with Gasteiger partial charge in [-0.1, -0.05) is 26.3 Å². The zero-order valence-corrected chi connectivity index (χ0v) is 17.2. The molecule has 3 N–H and O–H groups in total. The Kier molecular flexibility index (Phi) is 6.55. The molecular weight excluding hydrogens is 414 g/mol. The highest BCUT2D eigenvalue weighted by Gasteiger charge is 2.26. The number of imidazole rings is 1. The fourth-order valence-electron chi connectivity index (χ4n) is 4.69. The lowest BCUT2D eigenvalue weighted by atomic mass is 9.93. The molecule has 0 spiro atoms. The van der Waals surface area contributed by atoms with E-state index in [2.05, 4.69) is 20.6 Å². The van der Waals surface area contributed by atoms with E-state index in [0.29, 0.717) is 23.1 Å². The van der Waals surface area contributed by atoms with Crippen molar-refractivity contribution >= 4 is 28.7 Å². The van der Waals surface area contributed by atoms with Gasteiger partial charge in [-0.25, -0.2) is 18.7 Å². The molecule has 2 saturated carbocycles. The number of rotatable bonds is 5.